The van der Waals surface area contributed by atoms with E-state index in [4.69, 9.17) is 4.74 Å². The van der Waals surface area contributed by atoms with E-state index in [-0.39, 0.29) is 5.91 Å². The second-order valence-corrected chi connectivity index (χ2v) is 5.50. The van der Waals surface area contributed by atoms with Gasteiger partial charge in [0.05, 0.1) is 6.61 Å². The number of amides is 1. The van der Waals surface area contributed by atoms with Crippen LogP contribution in [0.15, 0.2) is 42.5 Å². The van der Waals surface area contributed by atoms with E-state index in [1.165, 1.54) is 5.56 Å². The van der Waals surface area contributed by atoms with Crippen LogP contribution in [0, 0.1) is 13.8 Å². The van der Waals surface area contributed by atoms with Crippen molar-refractivity contribution in [2.45, 2.75) is 33.6 Å². The van der Waals surface area contributed by atoms with E-state index in [1.54, 1.807) is 12.1 Å². The third-order valence-corrected chi connectivity index (χ3v) is 3.51. The molecule has 0 aliphatic heterocycles. The molecule has 0 radical (unpaired) electrons. The molecule has 0 atom stereocenters. The van der Waals surface area contributed by atoms with Crippen LogP contribution in [0.1, 0.15) is 41.3 Å². The Morgan fingerprint density at radius 2 is 1.82 bits per heavy atom. The van der Waals surface area contributed by atoms with Gasteiger partial charge in [-0.2, -0.15) is 0 Å². The van der Waals surface area contributed by atoms with Gasteiger partial charge in [-0.25, -0.2) is 0 Å². The van der Waals surface area contributed by atoms with Gasteiger partial charge >= 0.3 is 0 Å². The summed E-state index contributed by atoms with van der Waals surface area (Å²) in [4.78, 5) is 12.3. The molecule has 116 valence electrons. The molecule has 1 amide bonds. The molecule has 22 heavy (non-hydrogen) atoms. The van der Waals surface area contributed by atoms with Gasteiger partial charge in [0.1, 0.15) is 5.75 Å². The fourth-order valence-electron chi connectivity index (χ4n) is 2.19. The fraction of sp³-hybridized carbons (Fsp3) is 0.316. The first kappa shape index (κ1) is 16.1. The number of ether oxygens (including phenoxy) is 1. The van der Waals surface area contributed by atoms with Crippen LogP contribution in [0.4, 0.5) is 5.69 Å². The summed E-state index contributed by atoms with van der Waals surface area (Å²) < 4.78 is 5.60. The van der Waals surface area contributed by atoms with Crippen LogP contribution >= 0.6 is 0 Å². The van der Waals surface area contributed by atoms with Crippen molar-refractivity contribution in [3.8, 4) is 5.75 Å². The zero-order chi connectivity index (χ0) is 15.9. The smallest absolute Gasteiger partial charge is 0.255 e. The molecular weight excluding hydrogens is 274 g/mol. The first-order chi connectivity index (χ1) is 10.6. The monoisotopic (exact) mass is 297 g/mol. The first-order valence-electron chi connectivity index (χ1n) is 7.71. The van der Waals surface area contributed by atoms with Gasteiger partial charge in [-0.15, -0.1) is 0 Å². The summed E-state index contributed by atoms with van der Waals surface area (Å²) in [5.74, 6) is 0.698. The molecule has 2 aromatic rings. The highest BCUT2D eigenvalue weighted by atomic mass is 16.5. The number of rotatable bonds is 6. The van der Waals surface area contributed by atoms with E-state index < -0.39 is 0 Å². The van der Waals surface area contributed by atoms with E-state index in [0.717, 1.165) is 29.8 Å². The lowest BCUT2D eigenvalue weighted by Crippen LogP contribution is -2.12. The molecule has 3 heteroatoms. The number of carbonyl (C=O) groups is 1. The number of nitrogens with one attached hydrogen (secondary N) is 1. The van der Waals surface area contributed by atoms with Gasteiger partial charge in [-0.05, 0) is 56.2 Å². The number of aryl methyl sites for hydroxylation is 2. The van der Waals surface area contributed by atoms with Gasteiger partial charge in [0, 0.05) is 11.3 Å². The standard InChI is InChI=1S/C19H23NO2/c1-4-5-12-22-17-9-7-16(8-10-17)19(21)20-18-11-6-14(2)13-15(18)3/h6-11,13H,4-5,12H2,1-3H3,(H,20,21). The largest absolute Gasteiger partial charge is 0.494 e. The minimum Gasteiger partial charge on any atom is -0.494 e. The van der Waals surface area contributed by atoms with Gasteiger partial charge in [0.25, 0.3) is 5.91 Å². The minimum absolute atomic E-state index is 0.105. The average molecular weight is 297 g/mol. The SMILES string of the molecule is CCCCOc1ccc(C(=O)Nc2ccc(C)cc2C)cc1. The average Bonchev–Trinajstić information content (AvgIpc) is 2.51. The summed E-state index contributed by atoms with van der Waals surface area (Å²) in [5.41, 5.74) is 3.72. The van der Waals surface area contributed by atoms with Crippen LogP contribution in [0.25, 0.3) is 0 Å². The van der Waals surface area contributed by atoms with E-state index in [2.05, 4.69) is 18.3 Å². The Balaban J connectivity index is 2.00. The van der Waals surface area contributed by atoms with E-state index in [1.807, 2.05) is 38.1 Å². The Morgan fingerprint density at radius 3 is 2.45 bits per heavy atom. The highest BCUT2D eigenvalue weighted by molar-refractivity contribution is 6.04. The number of benzene rings is 2. The van der Waals surface area contributed by atoms with Crippen molar-refractivity contribution >= 4 is 11.6 Å². The molecule has 2 aromatic carbocycles. The molecule has 0 unspecified atom stereocenters. The van der Waals surface area contributed by atoms with Gasteiger partial charge in [0.2, 0.25) is 0 Å². The number of unbranched alkanes of at least 4 members (excludes halogenated alkanes) is 1. The molecule has 0 spiro atoms. The van der Waals surface area contributed by atoms with Gasteiger partial charge in [-0.3, -0.25) is 4.79 Å². The summed E-state index contributed by atoms with van der Waals surface area (Å²) in [5, 5.41) is 2.95. The number of hydrogen-bond acceptors (Lipinski definition) is 2. The van der Waals surface area contributed by atoms with Gasteiger partial charge in [0.15, 0.2) is 0 Å². The van der Waals surface area contributed by atoms with Crippen LogP contribution in [-0.2, 0) is 0 Å². The second-order valence-electron chi connectivity index (χ2n) is 5.50. The summed E-state index contributed by atoms with van der Waals surface area (Å²) in [6.07, 6.45) is 2.14. The predicted octanol–water partition coefficient (Wildman–Crippen LogP) is 4.73. The van der Waals surface area contributed by atoms with Crippen molar-refractivity contribution in [2.75, 3.05) is 11.9 Å². The Hall–Kier alpha value is -2.29. The van der Waals surface area contributed by atoms with Crippen molar-refractivity contribution in [3.63, 3.8) is 0 Å². The van der Waals surface area contributed by atoms with Crippen LogP contribution in [-0.4, -0.2) is 12.5 Å². The normalized spacial score (nSPS) is 10.3. The fourth-order valence-corrected chi connectivity index (χ4v) is 2.19. The van der Waals surface area contributed by atoms with E-state index in [0.29, 0.717) is 12.2 Å². The lowest BCUT2D eigenvalue weighted by Gasteiger charge is -2.10. The molecule has 0 fully saturated rings. The molecule has 2 rings (SSSR count). The summed E-state index contributed by atoms with van der Waals surface area (Å²) in [6.45, 7) is 6.87. The first-order valence-corrected chi connectivity index (χ1v) is 7.71. The van der Waals surface area contributed by atoms with Crippen molar-refractivity contribution in [1.82, 2.24) is 0 Å². The second kappa shape index (κ2) is 7.64. The summed E-state index contributed by atoms with van der Waals surface area (Å²) in [6, 6.07) is 13.2. The number of carbonyl (C=O) groups excluding carboxylic acids is 1. The van der Waals surface area contributed by atoms with Crippen molar-refractivity contribution in [1.29, 1.82) is 0 Å². The third kappa shape index (κ3) is 4.35. The molecule has 0 aliphatic rings. The molecule has 3 nitrogen and oxygen atoms in total. The number of hydrogen-bond donors (Lipinski definition) is 1. The lowest BCUT2D eigenvalue weighted by atomic mass is 10.1. The summed E-state index contributed by atoms with van der Waals surface area (Å²) >= 11 is 0. The summed E-state index contributed by atoms with van der Waals surface area (Å²) in [7, 11) is 0. The molecule has 0 aliphatic carbocycles. The van der Waals surface area contributed by atoms with E-state index in [9.17, 15) is 4.79 Å². The Bertz CT molecular complexity index is 632. The Kier molecular flexibility index (Phi) is 5.59. The molecule has 0 bridgehead atoms. The van der Waals surface area contributed by atoms with Crippen molar-refractivity contribution in [3.05, 3.63) is 59.2 Å². The predicted molar refractivity (Wildman–Crippen MR) is 90.7 cm³/mol. The molecular formula is C19H23NO2. The highest BCUT2D eigenvalue weighted by Gasteiger charge is 2.08. The van der Waals surface area contributed by atoms with Crippen LogP contribution in [0.3, 0.4) is 0 Å². The zero-order valence-corrected chi connectivity index (χ0v) is 13.5. The quantitative estimate of drug-likeness (QED) is 0.782. The topological polar surface area (TPSA) is 38.3 Å². The van der Waals surface area contributed by atoms with Crippen LogP contribution < -0.4 is 10.1 Å². The zero-order valence-electron chi connectivity index (χ0n) is 13.5. The molecule has 0 saturated carbocycles. The highest BCUT2D eigenvalue weighted by Crippen LogP contribution is 2.18. The van der Waals surface area contributed by atoms with Gasteiger partial charge in [-0.1, -0.05) is 31.0 Å². The maximum absolute atomic E-state index is 12.3. The third-order valence-electron chi connectivity index (χ3n) is 3.51. The maximum Gasteiger partial charge on any atom is 0.255 e. The van der Waals surface area contributed by atoms with Crippen molar-refractivity contribution in [2.24, 2.45) is 0 Å². The number of anilines is 1. The Labute approximate surface area is 132 Å². The lowest BCUT2D eigenvalue weighted by molar-refractivity contribution is 0.102. The van der Waals surface area contributed by atoms with Crippen molar-refractivity contribution < 1.29 is 9.53 Å². The molecule has 1 N–H and O–H groups in total. The molecule has 0 heterocycles. The minimum atomic E-state index is -0.105. The van der Waals surface area contributed by atoms with E-state index >= 15 is 0 Å². The molecule has 0 saturated heterocycles. The van der Waals surface area contributed by atoms with Crippen LogP contribution in [0.5, 0.6) is 5.75 Å². The Morgan fingerprint density at radius 1 is 1.09 bits per heavy atom. The van der Waals surface area contributed by atoms with Crippen LogP contribution in [0.2, 0.25) is 0 Å². The molecule has 0 aromatic heterocycles. The van der Waals surface area contributed by atoms with Gasteiger partial charge < -0.3 is 10.1 Å². The maximum atomic E-state index is 12.3.